The fourth-order valence-electron chi connectivity index (χ4n) is 0.804. The summed E-state index contributed by atoms with van der Waals surface area (Å²) in [5, 5.41) is 10.2. The van der Waals surface area contributed by atoms with Crippen molar-refractivity contribution in [2.75, 3.05) is 0 Å². The molecule has 3 heteroatoms. The predicted molar refractivity (Wildman–Crippen MR) is 57.9 cm³/mol. The van der Waals surface area contributed by atoms with E-state index < -0.39 is 0 Å². The van der Waals surface area contributed by atoms with Crippen LogP contribution >= 0.6 is 11.3 Å². The second kappa shape index (κ2) is 6.81. The number of aromatic nitrogens is 1. The van der Waals surface area contributed by atoms with Crippen LogP contribution in [0.1, 0.15) is 4.88 Å². The highest BCUT2D eigenvalue weighted by atomic mass is 32.1. The summed E-state index contributed by atoms with van der Waals surface area (Å²) < 4.78 is 0. The van der Waals surface area contributed by atoms with Crippen LogP contribution in [0.4, 0.5) is 0 Å². The van der Waals surface area contributed by atoms with Crippen molar-refractivity contribution in [3.8, 4) is 6.07 Å². The van der Waals surface area contributed by atoms with Gasteiger partial charge in [0, 0.05) is 17.3 Å². The summed E-state index contributed by atoms with van der Waals surface area (Å²) in [5.74, 6) is 0. The maximum Gasteiger partial charge on any atom is 0.0695 e. The van der Waals surface area contributed by atoms with Gasteiger partial charge in [-0.25, -0.2) is 0 Å². The smallest absolute Gasteiger partial charge is 0.0695 e. The highest BCUT2D eigenvalue weighted by molar-refractivity contribution is 7.09. The quantitative estimate of drug-likeness (QED) is 0.713. The number of rotatable bonds is 1. The molecule has 0 N–H and O–H groups in total. The normalized spacial score (nSPS) is 8.21. The Morgan fingerprint density at radius 1 is 1.21 bits per heavy atom. The van der Waals surface area contributed by atoms with E-state index in [0.717, 1.165) is 4.88 Å². The molecule has 2 nitrogen and oxygen atoms in total. The Morgan fingerprint density at radius 3 is 2.36 bits per heavy atom. The minimum Gasteiger partial charge on any atom is -0.265 e. The van der Waals surface area contributed by atoms with E-state index in [-0.39, 0.29) is 0 Å². The molecule has 0 saturated carbocycles. The molecule has 0 atom stereocenters. The lowest BCUT2D eigenvalue weighted by atomic mass is 10.4. The standard InChI is InChI=1S/C6H5NS.C5H5N/c7-4-3-6-2-1-5-8-6;1-2-4-6-5-3-1/h1-2,5H,3H2;1-5H. The average Bonchev–Trinajstić information content (AvgIpc) is 2.75. The molecule has 14 heavy (non-hydrogen) atoms. The maximum atomic E-state index is 8.19. The molecule has 2 aromatic heterocycles. The molecule has 0 amide bonds. The zero-order valence-electron chi connectivity index (χ0n) is 7.63. The first-order valence-electron chi connectivity index (χ1n) is 4.18. The van der Waals surface area contributed by atoms with Gasteiger partial charge in [-0.1, -0.05) is 12.1 Å². The summed E-state index contributed by atoms with van der Waals surface area (Å²) in [6, 6.07) is 11.7. The van der Waals surface area contributed by atoms with Crippen molar-refractivity contribution in [1.82, 2.24) is 4.98 Å². The van der Waals surface area contributed by atoms with Crippen molar-refractivity contribution in [3.05, 3.63) is 53.0 Å². The second-order valence-electron chi connectivity index (χ2n) is 2.44. The van der Waals surface area contributed by atoms with E-state index >= 15 is 0 Å². The van der Waals surface area contributed by atoms with E-state index in [1.165, 1.54) is 0 Å². The first-order valence-corrected chi connectivity index (χ1v) is 5.06. The molecule has 0 spiro atoms. The Labute approximate surface area is 87.5 Å². The number of hydrogen-bond acceptors (Lipinski definition) is 3. The molecule has 0 unspecified atom stereocenters. The highest BCUT2D eigenvalue weighted by Gasteiger charge is 1.87. The Hall–Kier alpha value is -1.66. The number of nitrogens with zero attached hydrogens (tertiary/aromatic N) is 2. The molecule has 70 valence electrons. The van der Waals surface area contributed by atoms with Crippen molar-refractivity contribution >= 4 is 11.3 Å². The lowest BCUT2D eigenvalue weighted by molar-refractivity contribution is 1.32. The summed E-state index contributed by atoms with van der Waals surface area (Å²) in [4.78, 5) is 4.93. The van der Waals surface area contributed by atoms with E-state index in [2.05, 4.69) is 11.1 Å². The van der Waals surface area contributed by atoms with Gasteiger partial charge in [-0.2, -0.15) is 5.26 Å². The third-order valence-corrected chi connectivity index (χ3v) is 2.28. The van der Waals surface area contributed by atoms with Gasteiger partial charge in [0.25, 0.3) is 0 Å². The minimum absolute atomic E-state index is 0.553. The van der Waals surface area contributed by atoms with Crippen molar-refractivity contribution in [2.45, 2.75) is 6.42 Å². The fraction of sp³-hybridized carbons (Fsp3) is 0.0909. The number of nitriles is 1. The Bertz CT molecular complexity index is 335. The van der Waals surface area contributed by atoms with Crippen molar-refractivity contribution in [3.63, 3.8) is 0 Å². The van der Waals surface area contributed by atoms with Crippen molar-refractivity contribution < 1.29 is 0 Å². The van der Waals surface area contributed by atoms with Crippen LogP contribution in [0.3, 0.4) is 0 Å². The minimum atomic E-state index is 0.553. The Morgan fingerprint density at radius 2 is 2.00 bits per heavy atom. The third-order valence-electron chi connectivity index (χ3n) is 1.40. The Balaban J connectivity index is 0.000000146. The summed E-state index contributed by atoms with van der Waals surface area (Å²) >= 11 is 1.62. The van der Waals surface area contributed by atoms with E-state index in [9.17, 15) is 0 Å². The summed E-state index contributed by atoms with van der Waals surface area (Å²) in [6.07, 6.45) is 4.05. The van der Waals surface area contributed by atoms with Gasteiger partial charge in [0.1, 0.15) is 0 Å². The van der Waals surface area contributed by atoms with Crippen LogP contribution in [0.15, 0.2) is 48.1 Å². The van der Waals surface area contributed by atoms with Crippen LogP contribution in [-0.4, -0.2) is 4.98 Å². The SMILES string of the molecule is N#CCc1cccs1.c1ccncc1. The van der Waals surface area contributed by atoms with Crippen LogP contribution < -0.4 is 0 Å². The molecule has 0 bridgehead atoms. The summed E-state index contributed by atoms with van der Waals surface area (Å²) in [7, 11) is 0. The molecular formula is C11H10N2S. The van der Waals surface area contributed by atoms with Gasteiger partial charge in [0.15, 0.2) is 0 Å². The second-order valence-corrected chi connectivity index (χ2v) is 3.47. The van der Waals surface area contributed by atoms with Gasteiger partial charge < -0.3 is 0 Å². The molecule has 0 aromatic carbocycles. The van der Waals surface area contributed by atoms with Crippen LogP contribution in [0, 0.1) is 11.3 Å². The molecule has 2 heterocycles. The van der Waals surface area contributed by atoms with Crippen molar-refractivity contribution in [2.24, 2.45) is 0 Å². The van der Waals surface area contributed by atoms with E-state index in [1.54, 1.807) is 23.7 Å². The van der Waals surface area contributed by atoms with E-state index in [4.69, 9.17) is 5.26 Å². The zero-order chi connectivity index (χ0) is 10.1. The predicted octanol–water partition coefficient (Wildman–Crippen LogP) is 2.90. The molecule has 0 aliphatic carbocycles. The van der Waals surface area contributed by atoms with E-state index in [1.807, 2.05) is 35.7 Å². The highest BCUT2D eigenvalue weighted by Crippen LogP contribution is 2.07. The first-order chi connectivity index (χ1) is 6.93. The van der Waals surface area contributed by atoms with Crippen LogP contribution in [-0.2, 0) is 6.42 Å². The molecular weight excluding hydrogens is 192 g/mol. The van der Waals surface area contributed by atoms with Crippen molar-refractivity contribution in [1.29, 1.82) is 5.26 Å². The first kappa shape index (κ1) is 10.4. The number of pyridine rings is 1. The molecule has 0 saturated heterocycles. The van der Waals surface area contributed by atoms with Gasteiger partial charge in [0.2, 0.25) is 0 Å². The molecule has 2 aromatic rings. The fourth-order valence-corrected chi connectivity index (χ4v) is 1.44. The molecule has 0 fully saturated rings. The summed E-state index contributed by atoms with van der Waals surface area (Å²) in [6.45, 7) is 0. The monoisotopic (exact) mass is 202 g/mol. The molecule has 0 radical (unpaired) electrons. The van der Waals surface area contributed by atoms with Gasteiger partial charge in [-0.05, 0) is 23.6 Å². The molecule has 2 rings (SSSR count). The third kappa shape index (κ3) is 4.39. The molecule has 0 aliphatic rings. The zero-order valence-corrected chi connectivity index (χ0v) is 8.45. The Kier molecular flexibility index (Phi) is 5.07. The van der Waals surface area contributed by atoms with Gasteiger partial charge in [0.05, 0.1) is 12.5 Å². The van der Waals surface area contributed by atoms with Gasteiger partial charge >= 0.3 is 0 Å². The van der Waals surface area contributed by atoms with Gasteiger partial charge in [-0.3, -0.25) is 4.98 Å². The summed E-state index contributed by atoms with van der Waals surface area (Å²) in [5.41, 5.74) is 0. The lowest BCUT2D eigenvalue weighted by Crippen LogP contribution is -1.67. The van der Waals surface area contributed by atoms with Crippen LogP contribution in [0.25, 0.3) is 0 Å². The van der Waals surface area contributed by atoms with Gasteiger partial charge in [-0.15, -0.1) is 11.3 Å². The lowest BCUT2D eigenvalue weighted by Gasteiger charge is -1.76. The average molecular weight is 202 g/mol. The molecule has 0 aliphatic heterocycles. The number of hydrogen-bond donors (Lipinski definition) is 0. The van der Waals surface area contributed by atoms with Crippen LogP contribution in [0.5, 0.6) is 0 Å². The van der Waals surface area contributed by atoms with Crippen LogP contribution in [0.2, 0.25) is 0 Å². The van der Waals surface area contributed by atoms with E-state index in [0.29, 0.717) is 6.42 Å². The number of thiophene rings is 1. The maximum absolute atomic E-state index is 8.19. The largest absolute Gasteiger partial charge is 0.265 e. The topological polar surface area (TPSA) is 36.7 Å².